The van der Waals surface area contributed by atoms with Gasteiger partial charge in [0.15, 0.2) is 0 Å². The third-order valence-electron chi connectivity index (χ3n) is 0.869. The molecule has 9 heavy (non-hydrogen) atoms. The van der Waals surface area contributed by atoms with Crippen LogP contribution in [-0.2, 0) is 4.74 Å². The van der Waals surface area contributed by atoms with Crippen molar-refractivity contribution in [2.45, 2.75) is 12.8 Å². The van der Waals surface area contributed by atoms with E-state index in [-0.39, 0.29) is 6.61 Å². The molecule has 0 aliphatic heterocycles. The number of hydrogen-bond acceptors (Lipinski definition) is 2. The van der Waals surface area contributed by atoms with E-state index in [9.17, 15) is 0 Å². The van der Waals surface area contributed by atoms with E-state index in [1.807, 2.05) is 0 Å². The predicted molar refractivity (Wildman–Crippen MR) is 40.9 cm³/mol. The first kappa shape index (κ1) is 9.40. The summed E-state index contributed by atoms with van der Waals surface area (Å²) in [6.07, 6.45) is 1.80. The quantitative estimate of drug-likeness (QED) is 0.511. The van der Waals surface area contributed by atoms with Gasteiger partial charge in [0, 0.05) is 25.2 Å². The van der Waals surface area contributed by atoms with Crippen LogP contribution in [0.2, 0.25) is 0 Å². The van der Waals surface area contributed by atoms with Crippen LogP contribution < -0.4 is 0 Å². The summed E-state index contributed by atoms with van der Waals surface area (Å²) < 4.78 is 5.12. The highest BCUT2D eigenvalue weighted by Crippen LogP contribution is 1.89. The van der Waals surface area contributed by atoms with Gasteiger partial charge in [0.2, 0.25) is 0 Å². The molecule has 3 heteroatoms. The van der Waals surface area contributed by atoms with Crippen molar-refractivity contribution in [3.05, 3.63) is 0 Å². The van der Waals surface area contributed by atoms with E-state index in [2.05, 4.69) is 15.9 Å². The Morgan fingerprint density at radius 1 is 1.22 bits per heavy atom. The van der Waals surface area contributed by atoms with Crippen molar-refractivity contribution in [3.8, 4) is 0 Å². The van der Waals surface area contributed by atoms with Crippen LogP contribution in [0, 0.1) is 0 Å². The molecule has 0 atom stereocenters. The highest BCUT2D eigenvalue weighted by molar-refractivity contribution is 9.09. The van der Waals surface area contributed by atoms with Crippen molar-refractivity contribution < 1.29 is 9.84 Å². The van der Waals surface area contributed by atoms with Crippen LogP contribution in [0.15, 0.2) is 0 Å². The zero-order valence-electron chi connectivity index (χ0n) is 5.48. The van der Waals surface area contributed by atoms with Crippen LogP contribution in [0.5, 0.6) is 0 Å². The molecule has 0 aromatic rings. The molecular weight excluding hydrogens is 184 g/mol. The third-order valence-corrected chi connectivity index (χ3v) is 1.43. The molecule has 0 saturated carbocycles. The van der Waals surface area contributed by atoms with Crippen molar-refractivity contribution in [2.75, 3.05) is 25.2 Å². The maximum absolute atomic E-state index is 8.33. The van der Waals surface area contributed by atoms with Crippen molar-refractivity contribution in [1.82, 2.24) is 0 Å². The Kier molecular flexibility index (Phi) is 8.77. The van der Waals surface area contributed by atoms with E-state index >= 15 is 0 Å². The van der Waals surface area contributed by atoms with Crippen molar-refractivity contribution in [3.63, 3.8) is 0 Å². The van der Waals surface area contributed by atoms with Gasteiger partial charge in [-0.15, -0.1) is 0 Å². The molecule has 0 spiro atoms. The minimum atomic E-state index is 0.230. The van der Waals surface area contributed by atoms with Gasteiger partial charge in [0.05, 0.1) is 0 Å². The lowest BCUT2D eigenvalue weighted by atomic mass is 10.5. The highest BCUT2D eigenvalue weighted by Gasteiger charge is 1.85. The summed E-state index contributed by atoms with van der Waals surface area (Å²) in [7, 11) is 0. The van der Waals surface area contributed by atoms with Crippen LogP contribution in [0.3, 0.4) is 0 Å². The summed E-state index contributed by atoms with van der Waals surface area (Å²) in [5.74, 6) is 0. The van der Waals surface area contributed by atoms with Crippen molar-refractivity contribution in [1.29, 1.82) is 0 Å². The summed E-state index contributed by atoms with van der Waals surface area (Å²) in [4.78, 5) is 0. The second kappa shape index (κ2) is 8.40. The number of halogens is 1. The van der Waals surface area contributed by atoms with Crippen LogP contribution >= 0.6 is 15.9 Å². The first-order chi connectivity index (χ1) is 4.41. The summed E-state index contributed by atoms with van der Waals surface area (Å²) >= 11 is 3.29. The van der Waals surface area contributed by atoms with E-state index in [1.54, 1.807) is 0 Å². The van der Waals surface area contributed by atoms with Gasteiger partial charge in [-0.25, -0.2) is 0 Å². The molecule has 0 amide bonds. The van der Waals surface area contributed by atoms with E-state index < -0.39 is 0 Å². The molecule has 0 rings (SSSR count). The van der Waals surface area contributed by atoms with Crippen molar-refractivity contribution >= 4 is 15.9 Å². The second-order valence-corrected chi connectivity index (χ2v) is 2.53. The number of alkyl halides is 1. The topological polar surface area (TPSA) is 29.5 Å². The maximum Gasteiger partial charge on any atom is 0.0487 e. The molecule has 1 N–H and O–H groups in total. The lowest BCUT2D eigenvalue weighted by Gasteiger charge is -1.98. The number of rotatable bonds is 6. The zero-order valence-corrected chi connectivity index (χ0v) is 7.06. The molecule has 2 nitrogen and oxygen atoms in total. The molecule has 0 saturated heterocycles. The van der Waals surface area contributed by atoms with Gasteiger partial charge in [0.1, 0.15) is 0 Å². The molecule has 0 aromatic carbocycles. The number of aliphatic hydroxyl groups excluding tert-OH is 1. The molecule has 0 fully saturated rings. The molecule has 0 radical (unpaired) electrons. The Labute approximate surface area is 64.3 Å². The minimum Gasteiger partial charge on any atom is -0.396 e. The summed E-state index contributed by atoms with van der Waals surface area (Å²) in [6, 6.07) is 0. The fourth-order valence-corrected chi connectivity index (χ4v) is 0.654. The normalized spacial score (nSPS) is 10.0. The van der Waals surface area contributed by atoms with E-state index in [0.29, 0.717) is 6.61 Å². The molecular formula is C6H13BrO2. The Morgan fingerprint density at radius 3 is 2.44 bits per heavy atom. The smallest absolute Gasteiger partial charge is 0.0487 e. The minimum absolute atomic E-state index is 0.230. The standard InChI is InChI=1S/C6H13BrO2/c7-3-1-5-9-6-2-4-8/h8H,1-6H2. The molecule has 0 aliphatic carbocycles. The molecule has 0 heterocycles. The lowest BCUT2D eigenvalue weighted by Crippen LogP contribution is -1.98. The van der Waals surface area contributed by atoms with E-state index in [0.717, 1.165) is 24.8 Å². The second-order valence-electron chi connectivity index (χ2n) is 1.73. The number of aliphatic hydroxyl groups is 1. The van der Waals surface area contributed by atoms with Gasteiger partial charge in [0.25, 0.3) is 0 Å². The van der Waals surface area contributed by atoms with Gasteiger partial charge in [-0.2, -0.15) is 0 Å². The average molecular weight is 197 g/mol. The van der Waals surface area contributed by atoms with Crippen LogP contribution in [-0.4, -0.2) is 30.3 Å². The average Bonchev–Trinajstić information content (AvgIpc) is 1.89. The first-order valence-corrected chi connectivity index (χ1v) is 4.28. The van der Waals surface area contributed by atoms with Gasteiger partial charge in [-0.1, -0.05) is 15.9 Å². The Bertz CT molecular complexity index is 44.3. The highest BCUT2D eigenvalue weighted by atomic mass is 79.9. The first-order valence-electron chi connectivity index (χ1n) is 3.16. The van der Waals surface area contributed by atoms with Crippen LogP contribution in [0.1, 0.15) is 12.8 Å². The van der Waals surface area contributed by atoms with E-state index in [4.69, 9.17) is 9.84 Å². The summed E-state index contributed by atoms with van der Waals surface area (Å²) in [5.41, 5.74) is 0. The van der Waals surface area contributed by atoms with Gasteiger partial charge >= 0.3 is 0 Å². The van der Waals surface area contributed by atoms with Gasteiger partial charge < -0.3 is 9.84 Å². The predicted octanol–water partition coefficient (Wildman–Crippen LogP) is 1.17. The summed E-state index contributed by atoms with van der Waals surface area (Å²) in [6.45, 7) is 1.71. The van der Waals surface area contributed by atoms with Crippen molar-refractivity contribution in [2.24, 2.45) is 0 Å². The lowest BCUT2D eigenvalue weighted by molar-refractivity contribution is 0.117. The third kappa shape index (κ3) is 8.40. The molecule has 0 bridgehead atoms. The van der Waals surface area contributed by atoms with Gasteiger partial charge in [-0.05, 0) is 12.8 Å². The largest absolute Gasteiger partial charge is 0.396 e. The molecule has 0 aliphatic rings. The Balaban J connectivity index is 2.60. The van der Waals surface area contributed by atoms with E-state index in [1.165, 1.54) is 0 Å². The molecule has 56 valence electrons. The fraction of sp³-hybridized carbons (Fsp3) is 1.00. The Hall–Kier alpha value is 0.400. The zero-order chi connectivity index (χ0) is 6.95. The molecule has 0 aromatic heterocycles. The SMILES string of the molecule is OCCCOCCCBr. The van der Waals surface area contributed by atoms with Gasteiger partial charge in [-0.3, -0.25) is 0 Å². The fourth-order valence-electron chi connectivity index (χ4n) is 0.425. The van der Waals surface area contributed by atoms with Crippen LogP contribution in [0.25, 0.3) is 0 Å². The Morgan fingerprint density at radius 2 is 1.89 bits per heavy atom. The monoisotopic (exact) mass is 196 g/mol. The maximum atomic E-state index is 8.33. The molecule has 0 unspecified atom stereocenters. The number of ether oxygens (including phenoxy) is 1. The number of hydrogen-bond donors (Lipinski definition) is 1. The van der Waals surface area contributed by atoms with Crippen LogP contribution in [0.4, 0.5) is 0 Å². The summed E-state index contributed by atoms with van der Waals surface area (Å²) in [5, 5.41) is 9.33.